The van der Waals surface area contributed by atoms with E-state index < -0.39 is 35.4 Å². The molecule has 3 rings (SSSR count). The summed E-state index contributed by atoms with van der Waals surface area (Å²) in [5, 5.41) is 0. The zero-order valence-corrected chi connectivity index (χ0v) is 10.7. The van der Waals surface area contributed by atoms with E-state index in [1.807, 2.05) is 0 Å². The first kappa shape index (κ1) is 13.9. The summed E-state index contributed by atoms with van der Waals surface area (Å²) in [7, 11) is 0. The van der Waals surface area contributed by atoms with E-state index >= 15 is 0 Å². The lowest BCUT2D eigenvalue weighted by Gasteiger charge is -2.30. The Hall–Kier alpha value is -2.08. The van der Waals surface area contributed by atoms with Crippen molar-refractivity contribution in [3.05, 3.63) is 64.7 Å². The molecule has 0 aliphatic carbocycles. The van der Waals surface area contributed by atoms with E-state index in [9.17, 15) is 17.6 Å². The smallest absolute Gasteiger partial charge is 0.161 e. The van der Waals surface area contributed by atoms with Gasteiger partial charge in [0.15, 0.2) is 11.6 Å². The molecule has 2 unspecified atom stereocenters. The van der Waals surface area contributed by atoms with E-state index in [2.05, 4.69) is 0 Å². The molecule has 1 heterocycles. The van der Waals surface area contributed by atoms with Crippen molar-refractivity contribution in [2.75, 3.05) is 0 Å². The summed E-state index contributed by atoms with van der Waals surface area (Å²) in [6.45, 7) is 0. The van der Waals surface area contributed by atoms with Gasteiger partial charge >= 0.3 is 0 Å². The third-order valence-electron chi connectivity index (χ3n) is 3.50. The van der Waals surface area contributed by atoms with Crippen molar-refractivity contribution in [2.45, 2.75) is 18.6 Å². The Kier molecular flexibility index (Phi) is 3.33. The SMILES string of the molecule is NC1CC(c2cc(F)c(F)cc2F)Oc2cc(F)ccc21. The molecule has 0 radical (unpaired) electrons. The minimum atomic E-state index is -1.28. The van der Waals surface area contributed by atoms with Crippen molar-refractivity contribution in [1.82, 2.24) is 0 Å². The molecule has 0 aromatic heterocycles. The van der Waals surface area contributed by atoms with Crippen molar-refractivity contribution in [1.29, 1.82) is 0 Å². The van der Waals surface area contributed by atoms with Crippen molar-refractivity contribution in [2.24, 2.45) is 5.73 Å². The van der Waals surface area contributed by atoms with E-state index in [0.717, 1.165) is 12.1 Å². The number of ether oxygens (including phenoxy) is 1. The lowest BCUT2D eigenvalue weighted by Crippen LogP contribution is -2.25. The van der Waals surface area contributed by atoms with E-state index in [1.165, 1.54) is 12.1 Å². The highest BCUT2D eigenvalue weighted by Crippen LogP contribution is 2.40. The average molecular weight is 297 g/mol. The second-order valence-electron chi connectivity index (χ2n) is 4.92. The maximum atomic E-state index is 13.8. The third-order valence-corrected chi connectivity index (χ3v) is 3.50. The molecule has 0 saturated heterocycles. The van der Waals surface area contributed by atoms with Crippen molar-refractivity contribution in [3.63, 3.8) is 0 Å². The highest BCUT2D eigenvalue weighted by Gasteiger charge is 2.30. The van der Waals surface area contributed by atoms with Gasteiger partial charge in [-0.2, -0.15) is 0 Å². The summed E-state index contributed by atoms with van der Waals surface area (Å²) in [4.78, 5) is 0. The van der Waals surface area contributed by atoms with Gasteiger partial charge in [0.25, 0.3) is 0 Å². The number of benzene rings is 2. The highest BCUT2D eigenvalue weighted by atomic mass is 19.2. The topological polar surface area (TPSA) is 35.2 Å². The standard InChI is InChI=1S/C15H11F4NO/c16-7-1-2-8-13(20)6-15(21-14(8)3-7)9-4-11(18)12(19)5-10(9)17/h1-5,13,15H,6,20H2. The van der Waals surface area contributed by atoms with E-state index in [1.54, 1.807) is 0 Å². The van der Waals surface area contributed by atoms with Gasteiger partial charge < -0.3 is 10.5 Å². The van der Waals surface area contributed by atoms with Crippen molar-refractivity contribution >= 4 is 0 Å². The number of hydrogen-bond acceptors (Lipinski definition) is 2. The largest absolute Gasteiger partial charge is 0.485 e. The number of hydrogen-bond donors (Lipinski definition) is 1. The fourth-order valence-corrected chi connectivity index (χ4v) is 2.45. The molecule has 2 aromatic rings. The zero-order chi connectivity index (χ0) is 15.1. The summed E-state index contributed by atoms with van der Waals surface area (Å²) in [6.07, 6.45) is -0.718. The molecule has 2 aromatic carbocycles. The first-order valence-corrected chi connectivity index (χ1v) is 6.32. The third kappa shape index (κ3) is 2.47. The van der Waals surface area contributed by atoms with Crippen LogP contribution in [0.4, 0.5) is 17.6 Å². The summed E-state index contributed by atoms with van der Waals surface area (Å²) in [6, 6.07) is 4.58. The average Bonchev–Trinajstić information content (AvgIpc) is 2.42. The van der Waals surface area contributed by atoms with Crippen LogP contribution in [-0.4, -0.2) is 0 Å². The quantitative estimate of drug-likeness (QED) is 0.642. The first-order chi connectivity index (χ1) is 9.95. The van der Waals surface area contributed by atoms with Crippen LogP contribution in [0.25, 0.3) is 0 Å². The Bertz CT molecular complexity index is 704. The van der Waals surface area contributed by atoms with Crippen LogP contribution in [0.1, 0.15) is 29.7 Å². The maximum Gasteiger partial charge on any atom is 0.161 e. The fraction of sp³-hybridized carbons (Fsp3) is 0.200. The Labute approximate surface area is 118 Å². The Morgan fingerprint density at radius 2 is 1.62 bits per heavy atom. The second-order valence-corrected chi connectivity index (χ2v) is 4.92. The molecule has 0 spiro atoms. The van der Waals surface area contributed by atoms with E-state index in [0.29, 0.717) is 11.6 Å². The molecule has 0 bridgehead atoms. The van der Waals surface area contributed by atoms with Crippen LogP contribution in [0.3, 0.4) is 0 Å². The molecule has 2 N–H and O–H groups in total. The molecule has 0 saturated carbocycles. The highest BCUT2D eigenvalue weighted by molar-refractivity contribution is 5.39. The van der Waals surface area contributed by atoms with Gasteiger partial charge in [0.1, 0.15) is 23.5 Å². The van der Waals surface area contributed by atoms with Crippen molar-refractivity contribution in [3.8, 4) is 5.75 Å². The minimum absolute atomic E-state index is 0.140. The Morgan fingerprint density at radius 3 is 2.38 bits per heavy atom. The lowest BCUT2D eigenvalue weighted by molar-refractivity contribution is 0.156. The van der Waals surface area contributed by atoms with Crippen LogP contribution >= 0.6 is 0 Å². The number of nitrogens with two attached hydrogens (primary N) is 1. The Morgan fingerprint density at radius 1 is 0.905 bits per heavy atom. The zero-order valence-electron chi connectivity index (χ0n) is 10.7. The molecular formula is C15H11F4NO. The molecule has 1 aliphatic rings. The maximum absolute atomic E-state index is 13.8. The fourth-order valence-electron chi connectivity index (χ4n) is 2.45. The van der Waals surface area contributed by atoms with Gasteiger partial charge in [0.05, 0.1) is 0 Å². The first-order valence-electron chi connectivity index (χ1n) is 6.32. The van der Waals surface area contributed by atoms with Crippen LogP contribution in [0.2, 0.25) is 0 Å². The van der Waals surface area contributed by atoms with Crippen LogP contribution in [0, 0.1) is 23.3 Å². The number of rotatable bonds is 1. The minimum Gasteiger partial charge on any atom is -0.485 e. The molecule has 2 atom stereocenters. The number of fused-ring (bicyclic) bond motifs is 1. The molecule has 2 nitrogen and oxygen atoms in total. The predicted octanol–water partition coefficient (Wildman–Crippen LogP) is 3.77. The van der Waals surface area contributed by atoms with Gasteiger partial charge in [-0.1, -0.05) is 6.07 Å². The normalized spacial score (nSPS) is 20.8. The molecule has 0 fully saturated rings. The lowest BCUT2D eigenvalue weighted by atomic mass is 9.93. The van der Waals surface area contributed by atoms with Gasteiger partial charge in [-0.15, -0.1) is 0 Å². The summed E-state index contributed by atoms with van der Waals surface area (Å²) in [5.41, 5.74) is 6.40. The summed E-state index contributed by atoms with van der Waals surface area (Å²) in [5.74, 6) is -3.71. The van der Waals surface area contributed by atoms with Crippen LogP contribution in [0.5, 0.6) is 5.75 Å². The van der Waals surface area contributed by atoms with Crippen molar-refractivity contribution < 1.29 is 22.3 Å². The number of halogens is 4. The van der Waals surface area contributed by atoms with Gasteiger partial charge in [-0.05, 0) is 12.1 Å². The molecular weight excluding hydrogens is 286 g/mol. The van der Waals surface area contributed by atoms with Crippen LogP contribution < -0.4 is 10.5 Å². The summed E-state index contributed by atoms with van der Waals surface area (Å²) >= 11 is 0. The van der Waals surface area contributed by atoms with Gasteiger partial charge in [0.2, 0.25) is 0 Å². The van der Waals surface area contributed by atoms with Crippen LogP contribution in [0.15, 0.2) is 30.3 Å². The predicted molar refractivity (Wildman–Crippen MR) is 67.6 cm³/mol. The van der Waals surface area contributed by atoms with Gasteiger partial charge in [-0.25, -0.2) is 17.6 Å². The molecule has 21 heavy (non-hydrogen) atoms. The summed E-state index contributed by atoms with van der Waals surface area (Å²) < 4.78 is 58.8. The van der Waals surface area contributed by atoms with Crippen LogP contribution in [-0.2, 0) is 0 Å². The molecule has 110 valence electrons. The van der Waals surface area contributed by atoms with Gasteiger partial charge in [0, 0.05) is 35.7 Å². The molecule has 6 heteroatoms. The monoisotopic (exact) mass is 297 g/mol. The second kappa shape index (κ2) is 5.04. The van der Waals surface area contributed by atoms with E-state index in [4.69, 9.17) is 10.5 Å². The molecule has 0 amide bonds. The van der Waals surface area contributed by atoms with Gasteiger partial charge in [-0.3, -0.25) is 0 Å². The Balaban J connectivity index is 2.01. The molecule has 1 aliphatic heterocycles. The van der Waals surface area contributed by atoms with E-state index in [-0.39, 0.29) is 17.7 Å².